The van der Waals surface area contributed by atoms with Crippen LogP contribution in [0.15, 0.2) is 0 Å². The maximum absolute atomic E-state index is 12.1. The molecule has 1 aliphatic carbocycles. The lowest BCUT2D eigenvalue weighted by atomic mass is 10.2. The third-order valence-electron chi connectivity index (χ3n) is 2.75. The van der Waals surface area contributed by atoms with Crippen LogP contribution in [0.4, 0.5) is 19.0 Å². The van der Waals surface area contributed by atoms with Crippen LogP contribution in [0.1, 0.15) is 29.9 Å². The number of hydrazine groups is 1. The van der Waals surface area contributed by atoms with E-state index < -0.39 is 12.6 Å². The molecule has 94 valence electrons. The van der Waals surface area contributed by atoms with Gasteiger partial charge >= 0.3 is 6.18 Å². The molecule has 4 nitrogen and oxygen atoms in total. The first-order valence-electron chi connectivity index (χ1n) is 5.41. The standard InChI is InChI=1S/C10H13F3N4/c11-10(12,13)5-4-8-15-7-3-1-2-6(7)9(16-8)17-14/h1-5,14H2,(H,15,16,17). The Kier molecular flexibility index (Phi) is 3.19. The van der Waals surface area contributed by atoms with Crippen LogP contribution in [-0.2, 0) is 19.3 Å². The van der Waals surface area contributed by atoms with Gasteiger partial charge in [-0.05, 0) is 19.3 Å². The maximum atomic E-state index is 12.1. The number of nitrogens with zero attached hydrogens (tertiary/aromatic N) is 2. The van der Waals surface area contributed by atoms with Gasteiger partial charge in [-0.1, -0.05) is 0 Å². The Hall–Kier alpha value is -1.37. The van der Waals surface area contributed by atoms with Gasteiger partial charge in [0.05, 0.1) is 6.42 Å². The van der Waals surface area contributed by atoms with E-state index in [0.29, 0.717) is 5.82 Å². The monoisotopic (exact) mass is 246 g/mol. The smallest absolute Gasteiger partial charge is 0.308 e. The molecule has 0 saturated carbocycles. The molecule has 0 fully saturated rings. The zero-order chi connectivity index (χ0) is 12.5. The van der Waals surface area contributed by atoms with Crippen LogP contribution in [0.3, 0.4) is 0 Å². The predicted molar refractivity (Wildman–Crippen MR) is 56.2 cm³/mol. The van der Waals surface area contributed by atoms with Crippen molar-refractivity contribution in [2.45, 2.75) is 38.3 Å². The molecular weight excluding hydrogens is 233 g/mol. The van der Waals surface area contributed by atoms with Gasteiger partial charge in [-0.15, -0.1) is 0 Å². The summed E-state index contributed by atoms with van der Waals surface area (Å²) in [6, 6.07) is 0. The summed E-state index contributed by atoms with van der Waals surface area (Å²) < 4.78 is 36.3. The van der Waals surface area contributed by atoms with Crippen LogP contribution in [0.2, 0.25) is 0 Å². The first-order valence-corrected chi connectivity index (χ1v) is 5.41. The number of halogens is 3. The predicted octanol–water partition coefficient (Wildman–Crippen LogP) is 1.75. The average Bonchev–Trinajstić information content (AvgIpc) is 2.72. The van der Waals surface area contributed by atoms with E-state index in [0.717, 1.165) is 30.5 Å². The molecule has 0 amide bonds. The number of hydrogen-bond donors (Lipinski definition) is 2. The minimum atomic E-state index is -4.18. The van der Waals surface area contributed by atoms with Gasteiger partial charge in [-0.25, -0.2) is 15.8 Å². The van der Waals surface area contributed by atoms with Crippen LogP contribution in [-0.4, -0.2) is 16.1 Å². The topological polar surface area (TPSA) is 63.8 Å². The van der Waals surface area contributed by atoms with Gasteiger partial charge in [-0.2, -0.15) is 13.2 Å². The third kappa shape index (κ3) is 2.85. The first kappa shape index (κ1) is 12.1. The van der Waals surface area contributed by atoms with E-state index in [1.807, 2.05) is 0 Å². The van der Waals surface area contributed by atoms with Gasteiger partial charge in [0.25, 0.3) is 0 Å². The molecule has 1 aliphatic rings. The normalized spacial score (nSPS) is 14.8. The number of aromatic nitrogens is 2. The first-order chi connectivity index (χ1) is 7.99. The minimum Gasteiger partial charge on any atom is -0.308 e. The number of alkyl halides is 3. The zero-order valence-electron chi connectivity index (χ0n) is 9.14. The van der Waals surface area contributed by atoms with Crippen LogP contribution in [0.25, 0.3) is 0 Å². The molecule has 3 N–H and O–H groups in total. The number of nitrogens with two attached hydrogens (primary N) is 1. The van der Waals surface area contributed by atoms with E-state index in [1.54, 1.807) is 0 Å². The lowest BCUT2D eigenvalue weighted by Gasteiger charge is -2.10. The second kappa shape index (κ2) is 4.48. The highest BCUT2D eigenvalue weighted by Crippen LogP contribution is 2.27. The van der Waals surface area contributed by atoms with E-state index in [-0.39, 0.29) is 12.2 Å². The largest absolute Gasteiger partial charge is 0.389 e. The SMILES string of the molecule is NNc1nc(CCC(F)(F)F)nc2c1CCC2. The van der Waals surface area contributed by atoms with E-state index in [2.05, 4.69) is 15.4 Å². The molecule has 0 aliphatic heterocycles. The molecule has 17 heavy (non-hydrogen) atoms. The molecule has 1 aromatic heterocycles. The zero-order valence-corrected chi connectivity index (χ0v) is 9.14. The summed E-state index contributed by atoms with van der Waals surface area (Å²) >= 11 is 0. The summed E-state index contributed by atoms with van der Waals surface area (Å²) in [4.78, 5) is 8.18. The molecule has 1 heterocycles. The van der Waals surface area contributed by atoms with Crippen LogP contribution < -0.4 is 11.3 Å². The fourth-order valence-electron chi connectivity index (χ4n) is 1.97. The molecule has 7 heteroatoms. The van der Waals surface area contributed by atoms with Crippen molar-refractivity contribution in [3.8, 4) is 0 Å². The maximum Gasteiger partial charge on any atom is 0.389 e. The Morgan fingerprint density at radius 3 is 2.65 bits per heavy atom. The number of hydrogen-bond acceptors (Lipinski definition) is 4. The summed E-state index contributed by atoms with van der Waals surface area (Å²) in [5.74, 6) is 5.98. The highest BCUT2D eigenvalue weighted by atomic mass is 19.4. The molecule has 0 spiro atoms. The molecule has 1 aromatic rings. The summed E-state index contributed by atoms with van der Waals surface area (Å²) in [5.41, 5.74) is 4.19. The summed E-state index contributed by atoms with van der Waals surface area (Å²) in [5, 5.41) is 0. The van der Waals surface area contributed by atoms with Gasteiger partial charge in [-0.3, -0.25) is 0 Å². The molecule has 0 aromatic carbocycles. The van der Waals surface area contributed by atoms with Crippen molar-refractivity contribution in [1.82, 2.24) is 9.97 Å². The quantitative estimate of drug-likeness (QED) is 0.630. The van der Waals surface area contributed by atoms with Crippen molar-refractivity contribution >= 4 is 5.82 Å². The van der Waals surface area contributed by atoms with Gasteiger partial charge < -0.3 is 5.43 Å². The third-order valence-corrected chi connectivity index (χ3v) is 2.75. The molecule has 0 saturated heterocycles. The summed E-state index contributed by atoms with van der Waals surface area (Å²) in [7, 11) is 0. The highest BCUT2D eigenvalue weighted by Gasteiger charge is 2.28. The summed E-state index contributed by atoms with van der Waals surface area (Å²) in [6.07, 6.45) is -2.73. The number of nitrogens with one attached hydrogen (secondary N) is 1. The van der Waals surface area contributed by atoms with Crippen molar-refractivity contribution in [3.05, 3.63) is 17.1 Å². The molecule has 0 bridgehead atoms. The fourth-order valence-corrected chi connectivity index (χ4v) is 1.97. The van der Waals surface area contributed by atoms with Crippen molar-refractivity contribution in [3.63, 3.8) is 0 Å². The Balaban J connectivity index is 2.19. The number of nitrogen functional groups attached to an aromatic ring is 1. The van der Waals surface area contributed by atoms with Gasteiger partial charge in [0.2, 0.25) is 0 Å². The lowest BCUT2D eigenvalue weighted by molar-refractivity contribution is -0.134. The lowest BCUT2D eigenvalue weighted by Crippen LogP contribution is -2.15. The van der Waals surface area contributed by atoms with Crippen LogP contribution >= 0.6 is 0 Å². The number of aryl methyl sites for hydroxylation is 2. The van der Waals surface area contributed by atoms with E-state index in [4.69, 9.17) is 5.84 Å². The van der Waals surface area contributed by atoms with Gasteiger partial charge in [0.15, 0.2) is 0 Å². The second-order valence-electron chi connectivity index (χ2n) is 4.03. The Morgan fingerprint density at radius 1 is 1.24 bits per heavy atom. The average molecular weight is 246 g/mol. The minimum absolute atomic E-state index is 0.203. The van der Waals surface area contributed by atoms with Gasteiger partial charge in [0.1, 0.15) is 11.6 Å². The number of rotatable bonds is 3. The Labute approximate surface area is 96.4 Å². The molecule has 2 rings (SSSR count). The van der Waals surface area contributed by atoms with Crippen molar-refractivity contribution < 1.29 is 13.2 Å². The number of anilines is 1. The molecule has 0 atom stereocenters. The van der Waals surface area contributed by atoms with Crippen LogP contribution in [0, 0.1) is 0 Å². The van der Waals surface area contributed by atoms with E-state index >= 15 is 0 Å². The second-order valence-corrected chi connectivity index (χ2v) is 4.03. The molecular formula is C10H13F3N4. The molecule has 0 radical (unpaired) electrons. The van der Waals surface area contributed by atoms with Gasteiger partial charge in [0, 0.05) is 17.7 Å². The van der Waals surface area contributed by atoms with Crippen molar-refractivity contribution in [1.29, 1.82) is 0 Å². The van der Waals surface area contributed by atoms with E-state index in [1.165, 1.54) is 0 Å². The highest BCUT2D eigenvalue weighted by molar-refractivity contribution is 5.47. The Bertz CT molecular complexity index is 417. The van der Waals surface area contributed by atoms with Crippen LogP contribution in [0.5, 0.6) is 0 Å². The van der Waals surface area contributed by atoms with Crippen molar-refractivity contribution in [2.24, 2.45) is 5.84 Å². The fraction of sp³-hybridized carbons (Fsp3) is 0.600. The van der Waals surface area contributed by atoms with E-state index in [9.17, 15) is 13.2 Å². The Morgan fingerprint density at radius 2 is 2.00 bits per heavy atom. The molecule has 0 unspecified atom stereocenters. The summed E-state index contributed by atoms with van der Waals surface area (Å²) in [6.45, 7) is 0. The number of fused-ring (bicyclic) bond motifs is 1. The van der Waals surface area contributed by atoms with Crippen molar-refractivity contribution in [2.75, 3.05) is 5.43 Å².